The van der Waals surface area contributed by atoms with Gasteiger partial charge in [-0.25, -0.2) is 18.4 Å². The molecule has 1 saturated heterocycles. The van der Waals surface area contributed by atoms with E-state index in [-0.39, 0.29) is 12.3 Å². The Balaban J connectivity index is 1.63. The summed E-state index contributed by atoms with van der Waals surface area (Å²) in [5.41, 5.74) is 0.491. The minimum Gasteiger partial charge on any atom is -0.465 e. The van der Waals surface area contributed by atoms with Crippen LogP contribution in [0.5, 0.6) is 0 Å². The van der Waals surface area contributed by atoms with Crippen molar-refractivity contribution in [1.82, 2.24) is 4.90 Å². The van der Waals surface area contributed by atoms with Gasteiger partial charge < -0.3 is 19.3 Å². The average Bonchev–Trinajstić information content (AvgIpc) is 3.00. The summed E-state index contributed by atoms with van der Waals surface area (Å²) < 4.78 is 38.5. The van der Waals surface area contributed by atoms with Crippen LogP contribution in [-0.4, -0.2) is 50.3 Å². The Bertz CT molecular complexity index is 876. The Labute approximate surface area is 167 Å². The van der Waals surface area contributed by atoms with Gasteiger partial charge in [0.2, 0.25) is 0 Å². The molecule has 3 rings (SSSR count). The van der Waals surface area contributed by atoms with Crippen LogP contribution in [0.1, 0.15) is 22.3 Å². The number of hydrogen-bond donors (Lipinski definition) is 0. The molecule has 1 aliphatic rings. The van der Waals surface area contributed by atoms with Gasteiger partial charge in [0.15, 0.2) is 0 Å². The summed E-state index contributed by atoms with van der Waals surface area (Å²) in [4.78, 5) is 27.1. The molecule has 8 heteroatoms. The Morgan fingerprint density at radius 1 is 1.00 bits per heavy atom. The highest BCUT2D eigenvalue weighted by Gasteiger charge is 2.24. The van der Waals surface area contributed by atoms with Crippen LogP contribution in [0.15, 0.2) is 42.5 Å². The number of benzene rings is 2. The maximum atomic E-state index is 14.5. The fourth-order valence-corrected chi connectivity index (χ4v) is 3.20. The van der Waals surface area contributed by atoms with Crippen molar-refractivity contribution >= 4 is 17.7 Å². The van der Waals surface area contributed by atoms with E-state index in [1.807, 2.05) is 30.3 Å². The van der Waals surface area contributed by atoms with Crippen molar-refractivity contribution in [3.8, 4) is 0 Å². The second-order valence-corrected chi connectivity index (χ2v) is 6.64. The molecule has 0 unspecified atom stereocenters. The highest BCUT2D eigenvalue weighted by atomic mass is 19.1. The van der Waals surface area contributed by atoms with E-state index in [0.717, 1.165) is 24.8 Å². The number of esters is 1. The molecular weight excluding hydrogens is 382 g/mol. The number of anilines is 1. The van der Waals surface area contributed by atoms with E-state index in [1.165, 1.54) is 0 Å². The van der Waals surface area contributed by atoms with E-state index in [0.29, 0.717) is 32.6 Å². The number of halogens is 2. The van der Waals surface area contributed by atoms with Crippen LogP contribution in [0, 0.1) is 11.6 Å². The zero-order chi connectivity index (χ0) is 20.8. The smallest absolute Gasteiger partial charge is 0.410 e. The summed E-state index contributed by atoms with van der Waals surface area (Å²) in [6.07, 6.45) is 0.128. The minimum atomic E-state index is -0.934. The molecule has 0 N–H and O–H groups in total. The summed E-state index contributed by atoms with van der Waals surface area (Å²) in [5.74, 6) is -2.50. The molecule has 0 atom stereocenters. The number of carbonyl (C=O) groups is 2. The number of nitrogens with zero attached hydrogens (tertiary/aromatic N) is 2. The Kier molecular flexibility index (Phi) is 6.64. The lowest BCUT2D eigenvalue weighted by Gasteiger charge is -2.24. The van der Waals surface area contributed by atoms with Crippen molar-refractivity contribution in [3.05, 3.63) is 65.2 Å². The molecule has 154 valence electrons. The molecule has 6 nitrogen and oxygen atoms in total. The number of methoxy groups -OCH3 is 1. The first-order valence-electron chi connectivity index (χ1n) is 9.27. The highest BCUT2D eigenvalue weighted by molar-refractivity contribution is 5.90. The number of rotatable bonds is 4. The quantitative estimate of drug-likeness (QED) is 0.729. The van der Waals surface area contributed by atoms with Gasteiger partial charge in [-0.3, -0.25) is 0 Å². The molecule has 0 radical (unpaired) electrons. The van der Waals surface area contributed by atoms with Gasteiger partial charge in [0.1, 0.15) is 18.2 Å². The third-order valence-electron chi connectivity index (χ3n) is 4.74. The van der Waals surface area contributed by atoms with Crippen LogP contribution in [-0.2, 0) is 16.1 Å². The predicted molar refractivity (Wildman–Crippen MR) is 103 cm³/mol. The first kappa shape index (κ1) is 20.6. The molecule has 1 aliphatic heterocycles. The largest absolute Gasteiger partial charge is 0.465 e. The van der Waals surface area contributed by atoms with Gasteiger partial charge in [-0.15, -0.1) is 0 Å². The Morgan fingerprint density at radius 3 is 2.48 bits per heavy atom. The van der Waals surface area contributed by atoms with Crippen LogP contribution >= 0.6 is 0 Å². The number of carbonyl (C=O) groups excluding carboxylic acids is 2. The first-order valence-corrected chi connectivity index (χ1v) is 9.27. The van der Waals surface area contributed by atoms with Gasteiger partial charge >= 0.3 is 12.1 Å². The third-order valence-corrected chi connectivity index (χ3v) is 4.74. The molecule has 0 saturated carbocycles. The zero-order valence-corrected chi connectivity index (χ0v) is 16.1. The van der Waals surface area contributed by atoms with Crippen LogP contribution in [0.3, 0.4) is 0 Å². The summed E-state index contributed by atoms with van der Waals surface area (Å²) in [6, 6.07) is 11.2. The number of hydrogen-bond acceptors (Lipinski definition) is 5. The van der Waals surface area contributed by atoms with Gasteiger partial charge in [0.25, 0.3) is 0 Å². The molecule has 0 aromatic heterocycles. The monoisotopic (exact) mass is 404 g/mol. The van der Waals surface area contributed by atoms with E-state index in [4.69, 9.17) is 4.74 Å². The maximum absolute atomic E-state index is 14.5. The number of amides is 1. The van der Waals surface area contributed by atoms with Gasteiger partial charge in [0.05, 0.1) is 18.4 Å². The van der Waals surface area contributed by atoms with E-state index in [1.54, 1.807) is 9.80 Å². The van der Waals surface area contributed by atoms with Crippen molar-refractivity contribution < 1.29 is 27.8 Å². The highest BCUT2D eigenvalue weighted by Crippen LogP contribution is 2.25. The predicted octanol–water partition coefficient (Wildman–Crippen LogP) is 3.60. The van der Waals surface area contributed by atoms with Crippen molar-refractivity contribution in [2.24, 2.45) is 0 Å². The second kappa shape index (κ2) is 9.36. The Hall–Kier alpha value is -3.16. The van der Waals surface area contributed by atoms with Crippen LogP contribution in [0.25, 0.3) is 0 Å². The molecule has 0 spiro atoms. The molecule has 2 aromatic rings. The van der Waals surface area contributed by atoms with Crippen molar-refractivity contribution in [2.45, 2.75) is 13.0 Å². The van der Waals surface area contributed by atoms with E-state index in [9.17, 15) is 18.4 Å². The van der Waals surface area contributed by atoms with Gasteiger partial charge in [-0.05, 0) is 18.1 Å². The normalized spacial score (nSPS) is 14.3. The summed E-state index contributed by atoms with van der Waals surface area (Å²) in [6.45, 7) is 1.70. The van der Waals surface area contributed by atoms with Gasteiger partial charge in [0, 0.05) is 32.2 Å². The molecule has 29 heavy (non-hydrogen) atoms. The SMILES string of the molecule is COC(=O)c1cc(F)c(N2CCCN(C(=O)OCc3ccccc3)CC2)cc1F. The number of ether oxygens (including phenoxy) is 2. The van der Waals surface area contributed by atoms with Crippen LogP contribution in [0.4, 0.5) is 19.3 Å². The zero-order valence-electron chi connectivity index (χ0n) is 16.1. The van der Waals surface area contributed by atoms with E-state index >= 15 is 0 Å². The molecule has 2 aromatic carbocycles. The topological polar surface area (TPSA) is 59.1 Å². The van der Waals surface area contributed by atoms with Crippen LogP contribution in [0.2, 0.25) is 0 Å². The fraction of sp³-hybridized carbons (Fsp3) is 0.333. The van der Waals surface area contributed by atoms with Gasteiger partial charge in [-0.2, -0.15) is 0 Å². The molecule has 1 fully saturated rings. The average molecular weight is 404 g/mol. The molecular formula is C21H22F2N2O4. The summed E-state index contributed by atoms with van der Waals surface area (Å²) >= 11 is 0. The van der Waals surface area contributed by atoms with Crippen molar-refractivity contribution in [1.29, 1.82) is 0 Å². The van der Waals surface area contributed by atoms with Crippen molar-refractivity contribution in [2.75, 3.05) is 38.2 Å². The third kappa shape index (κ3) is 5.01. The summed E-state index contributed by atoms with van der Waals surface area (Å²) in [7, 11) is 1.11. The molecule has 1 heterocycles. The summed E-state index contributed by atoms with van der Waals surface area (Å²) in [5, 5.41) is 0. The van der Waals surface area contributed by atoms with Crippen molar-refractivity contribution in [3.63, 3.8) is 0 Å². The van der Waals surface area contributed by atoms with E-state index < -0.39 is 29.3 Å². The minimum absolute atomic E-state index is 0.0506. The molecule has 1 amide bonds. The lowest BCUT2D eigenvalue weighted by molar-refractivity contribution is 0.0594. The maximum Gasteiger partial charge on any atom is 0.410 e. The van der Waals surface area contributed by atoms with Gasteiger partial charge in [-0.1, -0.05) is 30.3 Å². The Morgan fingerprint density at radius 2 is 1.76 bits per heavy atom. The lowest BCUT2D eigenvalue weighted by atomic mass is 10.1. The van der Waals surface area contributed by atoms with Crippen LogP contribution < -0.4 is 4.90 Å². The lowest BCUT2D eigenvalue weighted by Crippen LogP contribution is -2.35. The van der Waals surface area contributed by atoms with E-state index in [2.05, 4.69) is 4.74 Å². The standard InChI is InChI=1S/C21H22F2N2O4/c1-28-20(26)16-12-18(23)19(13-17(16)22)24-8-5-9-25(11-10-24)21(27)29-14-15-6-3-2-4-7-15/h2-4,6-7,12-13H,5,8-11,14H2,1H3. The molecule has 0 bridgehead atoms. The molecule has 0 aliphatic carbocycles. The fourth-order valence-electron chi connectivity index (χ4n) is 3.20. The first-order chi connectivity index (χ1) is 14.0. The second-order valence-electron chi connectivity index (χ2n) is 6.64.